The second-order valence-corrected chi connectivity index (χ2v) is 3.53. The van der Waals surface area contributed by atoms with E-state index in [-0.39, 0.29) is 5.75 Å². The van der Waals surface area contributed by atoms with E-state index in [1.807, 2.05) is 54.6 Å². The highest BCUT2D eigenvalue weighted by Gasteiger charge is 1.99. The van der Waals surface area contributed by atoms with Crippen molar-refractivity contribution >= 4 is 17.8 Å². The predicted molar refractivity (Wildman–Crippen MR) is 67.9 cm³/mol. The first kappa shape index (κ1) is 10.3. The molecule has 2 nitrogen and oxygen atoms in total. The second-order valence-electron chi connectivity index (χ2n) is 3.53. The van der Waals surface area contributed by atoms with Crippen LogP contribution in [0.5, 0.6) is 5.75 Å². The minimum absolute atomic E-state index is 0.134. The number of nitrogen functional groups attached to an aromatic ring is 1. The quantitative estimate of drug-likeness (QED) is 0.455. The highest BCUT2D eigenvalue weighted by atomic mass is 16.3. The van der Waals surface area contributed by atoms with Crippen LogP contribution in [0.15, 0.2) is 48.5 Å². The Kier molecular flexibility index (Phi) is 2.92. The van der Waals surface area contributed by atoms with E-state index in [0.717, 1.165) is 11.1 Å². The number of nitrogens with two attached hydrogens (primary N) is 1. The predicted octanol–water partition coefficient (Wildman–Crippen LogP) is 3.14. The van der Waals surface area contributed by atoms with Crippen LogP contribution in [-0.4, -0.2) is 5.11 Å². The average molecular weight is 211 g/mol. The molecule has 3 N–H and O–H groups in total. The van der Waals surface area contributed by atoms with Gasteiger partial charge in [0.05, 0.1) is 5.69 Å². The number of phenols is 1. The number of hydrogen-bond acceptors (Lipinski definition) is 2. The molecule has 0 bridgehead atoms. The number of hydrogen-bond donors (Lipinski definition) is 2. The highest BCUT2D eigenvalue weighted by Crippen LogP contribution is 2.25. The van der Waals surface area contributed by atoms with Crippen LogP contribution in [0.1, 0.15) is 11.1 Å². The van der Waals surface area contributed by atoms with Gasteiger partial charge < -0.3 is 10.8 Å². The lowest BCUT2D eigenvalue weighted by molar-refractivity contribution is 0.477. The van der Waals surface area contributed by atoms with Crippen molar-refractivity contribution in [2.45, 2.75) is 0 Å². The summed E-state index contributed by atoms with van der Waals surface area (Å²) in [6.07, 6.45) is 3.79. The van der Waals surface area contributed by atoms with Gasteiger partial charge in [-0.3, -0.25) is 0 Å². The standard InChI is InChI=1S/C14H13NO/c15-13-8-4-7-12(14(13)16)10-9-11-5-2-1-3-6-11/h1-10,16H,15H2/b10-9+. The van der Waals surface area contributed by atoms with Crippen LogP contribution < -0.4 is 5.73 Å². The van der Waals surface area contributed by atoms with E-state index in [0.29, 0.717) is 5.69 Å². The summed E-state index contributed by atoms with van der Waals surface area (Å²) in [6, 6.07) is 15.2. The van der Waals surface area contributed by atoms with Crippen LogP contribution in [0.2, 0.25) is 0 Å². The molecule has 0 unspecified atom stereocenters. The number of benzene rings is 2. The molecule has 0 radical (unpaired) electrons. The molecule has 0 aliphatic carbocycles. The van der Waals surface area contributed by atoms with Crippen molar-refractivity contribution in [3.05, 3.63) is 59.7 Å². The van der Waals surface area contributed by atoms with Crippen LogP contribution in [0.3, 0.4) is 0 Å². The number of para-hydroxylation sites is 1. The highest BCUT2D eigenvalue weighted by molar-refractivity contribution is 5.75. The van der Waals surface area contributed by atoms with Crippen molar-refractivity contribution in [3.8, 4) is 5.75 Å². The molecule has 0 aliphatic rings. The van der Waals surface area contributed by atoms with Gasteiger partial charge in [0.1, 0.15) is 5.75 Å². The number of anilines is 1. The Hall–Kier alpha value is -2.22. The van der Waals surface area contributed by atoms with Gasteiger partial charge in [-0.25, -0.2) is 0 Å². The van der Waals surface area contributed by atoms with Gasteiger partial charge in [0.25, 0.3) is 0 Å². The van der Waals surface area contributed by atoms with Crippen molar-refractivity contribution in [2.75, 3.05) is 5.73 Å². The van der Waals surface area contributed by atoms with Gasteiger partial charge in [-0.15, -0.1) is 0 Å². The minimum atomic E-state index is 0.134. The minimum Gasteiger partial charge on any atom is -0.505 e. The first-order valence-corrected chi connectivity index (χ1v) is 5.08. The van der Waals surface area contributed by atoms with Gasteiger partial charge in [-0.1, -0.05) is 54.6 Å². The Labute approximate surface area is 94.7 Å². The molecule has 0 fully saturated rings. The average Bonchev–Trinajstić information content (AvgIpc) is 2.32. The molecular weight excluding hydrogens is 198 g/mol. The second kappa shape index (κ2) is 4.53. The first-order chi connectivity index (χ1) is 7.77. The normalized spacial score (nSPS) is 10.8. The lowest BCUT2D eigenvalue weighted by Gasteiger charge is -2.01. The fraction of sp³-hybridized carbons (Fsp3) is 0. The Morgan fingerprint density at radius 2 is 1.62 bits per heavy atom. The van der Waals surface area contributed by atoms with E-state index in [1.54, 1.807) is 6.07 Å². The Bertz CT molecular complexity index is 503. The summed E-state index contributed by atoms with van der Waals surface area (Å²) in [7, 11) is 0. The fourth-order valence-electron chi connectivity index (χ4n) is 1.46. The van der Waals surface area contributed by atoms with Crippen LogP contribution >= 0.6 is 0 Å². The first-order valence-electron chi connectivity index (χ1n) is 5.08. The van der Waals surface area contributed by atoms with E-state index in [1.165, 1.54) is 0 Å². The third-order valence-electron chi connectivity index (χ3n) is 2.35. The number of aromatic hydroxyl groups is 1. The maximum absolute atomic E-state index is 9.70. The Morgan fingerprint density at radius 3 is 2.38 bits per heavy atom. The molecule has 80 valence electrons. The molecule has 2 heteroatoms. The van der Waals surface area contributed by atoms with E-state index in [2.05, 4.69) is 0 Å². The SMILES string of the molecule is Nc1cccc(/C=C/c2ccccc2)c1O. The zero-order valence-electron chi connectivity index (χ0n) is 8.80. The Balaban J connectivity index is 2.28. The molecule has 2 aromatic rings. The lowest BCUT2D eigenvalue weighted by Crippen LogP contribution is -1.86. The maximum Gasteiger partial charge on any atom is 0.145 e. The van der Waals surface area contributed by atoms with Crippen LogP contribution in [-0.2, 0) is 0 Å². The molecule has 0 saturated carbocycles. The number of phenolic OH excluding ortho intramolecular Hbond substituents is 1. The van der Waals surface area contributed by atoms with Crippen molar-refractivity contribution in [1.29, 1.82) is 0 Å². The van der Waals surface area contributed by atoms with Gasteiger partial charge >= 0.3 is 0 Å². The van der Waals surface area contributed by atoms with Crippen LogP contribution in [0.25, 0.3) is 12.2 Å². The summed E-state index contributed by atoms with van der Waals surface area (Å²) >= 11 is 0. The molecular formula is C14H13NO. The molecule has 0 aromatic heterocycles. The monoisotopic (exact) mass is 211 g/mol. The molecule has 0 spiro atoms. The summed E-state index contributed by atoms with van der Waals surface area (Å²) < 4.78 is 0. The van der Waals surface area contributed by atoms with E-state index in [4.69, 9.17) is 5.73 Å². The third kappa shape index (κ3) is 2.23. The van der Waals surface area contributed by atoms with E-state index in [9.17, 15) is 5.11 Å². The maximum atomic E-state index is 9.70. The van der Waals surface area contributed by atoms with Gasteiger partial charge in [-0.05, 0) is 11.6 Å². The summed E-state index contributed by atoms with van der Waals surface area (Å²) in [5, 5.41) is 9.70. The van der Waals surface area contributed by atoms with Gasteiger partial charge in [0, 0.05) is 5.56 Å². The van der Waals surface area contributed by atoms with Crippen LogP contribution in [0, 0.1) is 0 Å². The number of rotatable bonds is 2. The molecule has 0 atom stereocenters. The Morgan fingerprint density at radius 1 is 0.875 bits per heavy atom. The molecule has 0 saturated heterocycles. The van der Waals surface area contributed by atoms with E-state index < -0.39 is 0 Å². The van der Waals surface area contributed by atoms with Crippen molar-refractivity contribution in [3.63, 3.8) is 0 Å². The summed E-state index contributed by atoms with van der Waals surface area (Å²) in [5.41, 5.74) is 7.82. The molecule has 0 amide bonds. The largest absolute Gasteiger partial charge is 0.505 e. The van der Waals surface area contributed by atoms with Gasteiger partial charge in [0.15, 0.2) is 0 Å². The summed E-state index contributed by atoms with van der Waals surface area (Å²) in [6.45, 7) is 0. The summed E-state index contributed by atoms with van der Waals surface area (Å²) in [5.74, 6) is 0.134. The molecule has 2 rings (SSSR count). The zero-order chi connectivity index (χ0) is 11.4. The zero-order valence-corrected chi connectivity index (χ0v) is 8.80. The fourth-order valence-corrected chi connectivity index (χ4v) is 1.46. The van der Waals surface area contributed by atoms with Gasteiger partial charge in [0.2, 0.25) is 0 Å². The van der Waals surface area contributed by atoms with Crippen molar-refractivity contribution in [2.24, 2.45) is 0 Å². The van der Waals surface area contributed by atoms with Crippen molar-refractivity contribution < 1.29 is 5.11 Å². The summed E-state index contributed by atoms with van der Waals surface area (Å²) in [4.78, 5) is 0. The lowest BCUT2D eigenvalue weighted by atomic mass is 10.1. The van der Waals surface area contributed by atoms with Crippen LogP contribution in [0.4, 0.5) is 5.69 Å². The smallest absolute Gasteiger partial charge is 0.145 e. The van der Waals surface area contributed by atoms with E-state index >= 15 is 0 Å². The molecule has 0 aliphatic heterocycles. The van der Waals surface area contributed by atoms with Gasteiger partial charge in [-0.2, -0.15) is 0 Å². The molecule has 0 heterocycles. The van der Waals surface area contributed by atoms with Crippen molar-refractivity contribution in [1.82, 2.24) is 0 Å². The molecule has 2 aromatic carbocycles. The topological polar surface area (TPSA) is 46.2 Å². The molecule has 16 heavy (non-hydrogen) atoms. The third-order valence-corrected chi connectivity index (χ3v) is 2.35.